The normalized spacial score (nSPS) is 17.8. The number of amides is 2. The summed E-state index contributed by atoms with van der Waals surface area (Å²) in [6.45, 7) is 2.18. The molecular formula is C14H18N4O3. The van der Waals surface area contributed by atoms with Crippen molar-refractivity contribution < 1.29 is 14.3 Å². The van der Waals surface area contributed by atoms with Crippen LogP contribution in [0, 0.1) is 17.2 Å². The Morgan fingerprint density at radius 2 is 2.48 bits per heavy atom. The molecule has 1 aromatic heterocycles. The molecule has 2 N–H and O–H groups in total. The second-order valence-electron chi connectivity index (χ2n) is 5.03. The number of hydrogen-bond donors (Lipinski definition) is 2. The zero-order valence-corrected chi connectivity index (χ0v) is 11.9. The number of rotatable bonds is 6. The average molecular weight is 290 g/mol. The highest BCUT2D eigenvalue weighted by molar-refractivity contribution is 5.92. The van der Waals surface area contributed by atoms with Gasteiger partial charge in [-0.05, 0) is 6.07 Å². The third kappa shape index (κ3) is 3.83. The van der Waals surface area contributed by atoms with Crippen LogP contribution >= 0.6 is 0 Å². The molecule has 1 aromatic rings. The van der Waals surface area contributed by atoms with Gasteiger partial charge in [0.1, 0.15) is 11.8 Å². The second kappa shape index (κ2) is 6.90. The number of nitriles is 1. The molecule has 0 aromatic carbocycles. The number of aromatic amines is 1. The Kier molecular flexibility index (Phi) is 4.95. The molecule has 0 unspecified atom stereocenters. The number of hydrogen-bond acceptors (Lipinski definition) is 4. The van der Waals surface area contributed by atoms with Crippen LogP contribution in [0.25, 0.3) is 0 Å². The number of carbonyl (C=O) groups excluding carboxylic acids is 2. The standard InChI is InChI=1S/C14H18N4O3/c1-21-3-2-18-9-11(5-13(18)19)8-17-14(20)12-4-10(6-15)7-16-12/h4,7,11,16H,2-3,5,8-9H2,1H3,(H,17,20)/t11-/m1/s1. The number of methoxy groups -OCH3 is 1. The summed E-state index contributed by atoms with van der Waals surface area (Å²) in [5.74, 6) is -0.0547. The number of H-pyrrole nitrogens is 1. The summed E-state index contributed by atoms with van der Waals surface area (Å²) in [6, 6.07) is 3.46. The lowest BCUT2D eigenvalue weighted by atomic mass is 10.1. The van der Waals surface area contributed by atoms with Gasteiger partial charge >= 0.3 is 0 Å². The fourth-order valence-corrected chi connectivity index (χ4v) is 2.33. The van der Waals surface area contributed by atoms with E-state index in [0.717, 1.165) is 0 Å². The summed E-state index contributed by atoms with van der Waals surface area (Å²) in [5.41, 5.74) is 0.772. The molecule has 7 nitrogen and oxygen atoms in total. The zero-order valence-electron chi connectivity index (χ0n) is 11.9. The van der Waals surface area contributed by atoms with Gasteiger partial charge in [0.15, 0.2) is 0 Å². The SMILES string of the molecule is COCCN1C[C@@H](CNC(=O)c2cc(C#N)c[nH]2)CC1=O. The third-order valence-electron chi connectivity index (χ3n) is 3.47. The quantitative estimate of drug-likeness (QED) is 0.777. The van der Waals surface area contributed by atoms with Crippen molar-refractivity contribution in [3.8, 4) is 6.07 Å². The molecule has 0 aliphatic carbocycles. The highest BCUT2D eigenvalue weighted by Crippen LogP contribution is 2.16. The van der Waals surface area contributed by atoms with Gasteiger partial charge in [-0.1, -0.05) is 0 Å². The van der Waals surface area contributed by atoms with Crippen LogP contribution in [0.3, 0.4) is 0 Å². The molecule has 2 rings (SSSR count). The Morgan fingerprint density at radius 3 is 3.14 bits per heavy atom. The van der Waals surface area contributed by atoms with Gasteiger partial charge in [-0.15, -0.1) is 0 Å². The number of likely N-dealkylation sites (tertiary alicyclic amines) is 1. The van der Waals surface area contributed by atoms with Gasteiger partial charge in [0, 0.05) is 45.3 Å². The number of carbonyl (C=O) groups is 2. The molecule has 2 amide bonds. The van der Waals surface area contributed by atoms with Gasteiger partial charge in [-0.25, -0.2) is 0 Å². The first-order valence-electron chi connectivity index (χ1n) is 6.77. The smallest absolute Gasteiger partial charge is 0.267 e. The van der Waals surface area contributed by atoms with E-state index in [1.807, 2.05) is 6.07 Å². The van der Waals surface area contributed by atoms with Crippen molar-refractivity contribution in [2.75, 3.05) is 33.4 Å². The molecule has 1 aliphatic rings. The molecule has 1 saturated heterocycles. The fourth-order valence-electron chi connectivity index (χ4n) is 2.33. The van der Waals surface area contributed by atoms with Gasteiger partial charge in [0.2, 0.25) is 5.91 Å². The molecular weight excluding hydrogens is 272 g/mol. The summed E-state index contributed by atoms with van der Waals surface area (Å²) in [4.78, 5) is 28.2. The minimum atomic E-state index is -0.265. The van der Waals surface area contributed by atoms with Gasteiger partial charge in [0.25, 0.3) is 5.91 Å². The van der Waals surface area contributed by atoms with Gasteiger partial charge in [-0.2, -0.15) is 5.26 Å². The van der Waals surface area contributed by atoms with Gasteiger partial charge < -0.3 is 19.9 Å². The summed E-state index contributed by atoms with van der Waals surface area (Å²) in [5, 5.41) is 11.5. The topological polar surface area (TPSA) is 98.2 Å². The van der Waals surface area contributed by atoms with E-state index in [1.54, 1.807) is 12.0 Å². The third-order valence-corrected chi connectivity index (χ3v) is 3.47. The summed E-state index contributed by atoms with van der Waals surface area (Å²) < 4.78 is 4.96. The van der Waals surface area contributed by atoms with E-state index in [2.05, 4.69) is 10.3 Å². The summed E-state index contributed by atoms with van der Waals surface area (Å²) in [7, 11) is 1.60. The molecule has 0 saturated carbocycles. The van der Waals surface area contributed by atoms with E-state index in [0.29, 0.717) is 43.9 Å². The summed E-state index contributed by atoms with van der Waals surface area (Å²) >= 11 is 0. The molecule has 7 heteroatoms. The van der Waals surface area contributed by atoms with Crippen LogP contribution in [-0.4, -0.2) is 55.0 Å². The van der Waals surface area contributed by atoms with E-state index in [4.69, 9.17) is 10.00 Å². The average Bonchev–Trinajstić information content (AvgIpc) is 3.09. The van der Waals surface area contributed by atoms with Gasteiger partial charge in [0.05, 0.1) is 12.2 Å². The Labute approximate surface area is 122 Å². The van der Waals surface area contributed by atoms with Crippen molar-refractivity contribution in [1.29, 1.82) is 5.26 Å². The lowest BCUT2D eigenvalue weighted by Crippen LogP contribution is -2.32. The molecule has 2 heterocycles. The number of ether oxygens (including phenoxy) is 1. The summed E-state index contributed by atoms with van der Waals surface area (Å²) in [6.07, 6.45) is 1.93. The van der Waals surface area contributed by atoms with E-state index in [-0.39, 0.29) is 17.7 Å². The molecule has 0 spiro atoms. The van der Waals surface area contributed by atoms with Gasteiger partial charge in [-0.3, -0.25) is 9.59 Å². The maximum atomic E-state index is 11.9. The maximum Gasteiger partial charge on any atom is 0.267 e. The van der Waals surface area contributed by atoms with Crippen molar-refractivity contribution in [2.45, 2.75) is 6.42 Å². The highest BCUT2D eigenvalue weighted by atomic mass is 16.5. The predicted octanol–water partition coefficient (Wildman–Crippen LogP) is 0.111. The first kappa shape index (κ1) is 15.1. The van der Waals surface area contributed by atoms with E-state index in [1.165, 1.54) is 12.3 Å². The molecule has 1 fully saturated rings. The molecule has 1 aliphatic heterocycles. The largest absolute Gasteiger partial charge is 0.383 e. The lowest BCUT2D eigenvalue weighted by Gasteiger charge is -2.16. The zero-order chi connectivity index (χ0) is 15.2. The lowest BCUT2D eigenvalue weighted by molar-refractivity contribution is -0.128. The van der Waals surface area contributed by atoms with Crippen LogP contribution in [0.15, 0.2) is 12.3 Å². The van der Waals surface area contributed by atoms with Crippen LogP contribution in [0.4, 0.5) is 0 Å². The Balaban J connectivity index is 1.80. The number of nitrogens with zero attached hydrogens (tertiary/aromatic N) is 2. The minimum Gasteiger partial charge on any atom is -0.383 e. The van der Waals surface area contributed by atoms with Crippen LogP contribution < -0.4 is 5.32 Å². The fraction of sp³-hybridized carbons (Fsp3) is 0.500. The Hall–Kier alpha value is -2.33. The number of aromatic nitrogens is 1. The van der Waals surface area contributed by atoms with Crippen LogP contribution in [0.5, 0.6) is 0 Å². The molecule has 1 atom stereocenters. The van der Waals surface area contributed by atoms with Crippen LogP contribution in [0.1, 0.15) is 22.5 Å². The Bertz CT molecular complexity index is 561. The van der Waals surface area contributed by atoms with Crippen LogP contribution in [0.2, 0.25) is 0 Å². The highest BCUT2D eigenvalue weighted by Gasteiger charge is 2.29. The Morgan fingerprint density at radius 1 is 1.67 bits per heavy atom. The first-order valence-corrected chi connectivity index (χ1v) is 6.77. The van der Waals surface area contributed by atoms with Crippen molar-refractivity contribution in [1.82, 2.24) is 15.2 Å². The van der Waals surface area contributed by atoms with Crippen LogP contribution in [-0.2, 0) is 9.53 Å². The monoisotopic (exact) mass is 290 g/mol. The number of nitrogens with one attached hydrogen (secondary N) is 2. The van der Waals surface area contributed by atoms with Crippen molar-refractivity contribution in [3.05, 3.63) is 23.5 Å². The minimum absolute atomic E-state index is 0.0953. The van der Waals surface area contributed by atoms with Crippen molar-refractivity contribution >= 4 is 11.8 Å². The van der Waals surface area contributed by atoms with E-state index in [9.17, 15) is 9.59 Å². The molecule has 0 radical (unpaired) electrons. The predicted molar refractivity (Wildman–Crippen MR) is 74.4 cm³/mol. The maximum absolute atomic E-state index is 11.9. The van der Waals surface area contributed by atoms with Crippen molar-refractivity contribution in [2.24, 2.45) is 5.92 Å². The van der Waals surface area contributed by atoms with Crippen molar-refractivity contribution in [3.63, 3.8) is 0 Å². The van der Waals surface area contributed by atoms with E-state index < -0.39 is 0 Å². The first-order chi connectivity index (χ1) is 10.1. The molecule has 112 valence electrons. The molecule has 0 bridgehead atoms. The van der Waals surface area contributed by atoms with E-state index >= 15 is 0 Å². The second-order valence-corrected chi connectivity index (χ2v) is 5.03. The molecule has 21 heavy (non-hydrogen) atoms.